The number of H-pyrrole nitrogens is 1. The first-order valence-electron chi connectivity index (χ1n) is 9.30. The number of benzene rings is 1. The Morgan fingerprint density at radius 1 is 1.21 bits per heavy atom. The topological polar surface area (TPSA) is 105 Å². The van der Waals surface area contributed by atoms with Crippen molar-refractivity contribution in [1.82, 2.24) is 15.3 Å². The number of aliphatic imine (C=N–C) groups is 1. The summed E-state index contributed by atoms with van der Waals surface area (Å²) in [6.07, 6.45) is 3.38. The summed E-state index contributed by atoms with van der Waals surface area (Å²) in [6.45, 7) is 5.80. The summed E-state index contributed by atoms with van der Waals surface area (Å²) in [5.41, 5.74) is 10.0. The van der Waals surface area contributed by atoms with Gasteiger partial charge in [-0.1, -0.05) is 0 Å². The lowest BCUT2D eigenvalue weighted by Gasteiger charge is -2.27. The van der Waals surface area contributed by atoms with Gasteiger partial charge in [-0.25, -0.2) is 0 Å². The number of methoxy groups -OCH3 is 1. The Morgan fingerprint density at radius 3 is 2.69 bits per heavy atom. The molecule has 0 bridgehead atoms. The normalized spacial score (nSPS) is 15.4. The Morgan fingerprint density at radius 2 is 2.00 bits per heavy atom. The van der Waals surface area contributed by atoms with Gasteiger partial charge in [-0.15, -0.1) is 0 Å². The number of hydrogen-bond acceptors (Lipinski definition) is 5. The molecule has 1 amide bonds. The molecule has 0 atom stereocenters. The summed E-state index contributed by atoms with van der Waals surface area (Å²) >= 11 is 0. The number of carbonyl (C=O) groups is 1. The monoisotopic (exact) mass is 389 g/mol. The van der Waals surface area contributed by atoms with Gasteiger partial charge in [-0.3, -0.25) is 14.8 Å². The van der Waals surface area contributed by atoms with Gasteiger partial charge in [-0.2, -0.15) is 0 Å². The highest BCUT2D eigenvalue weighted by Gasteiger charge is 2.30. The number of aryl methyl sites for hydroxylation is 1. The molecule has 2 aromatic heterocycles. The standard InChI is InChI=1S/C22H23N5O2/c1-12-15-9-13(21-25-11-16(20(23)28)22(2,3)27-21)5-6-17(15)26-19(12)18-10-14(29-4)7-8-24-18/h5-11,26H,1-4H3,(H2,23,28)(H,25,27). The minimum atomic E-state index is -0.690. The lowest BCUT2D eigenvalue weighted by molar-refractivity contribution is -0.115. The van der Waals surface area contributed by atoms with Gasteiger partial charge in [0.15, 0.2) is 0 Å². The highest BCUT2D eigenvalue weighted by atomic mass is 16.5. The molecule has 3 aromatic rings. The Kier molecular flexibility index (Phi) is 4.38. The number of primary amides is 1. The second-order valence-electron chi connectivity index (χ2n) is 7.55. The number of nitrogens with zero attached hydrogens (tertiary/aromatic N) is 2. The molecule has 0 aliphatic carbocycles. The molecular formula is C22H23N5O2. The van der Waals surface area contributed by atoms with E-state index in [-0.39, 0.29) is 0 Å². The van der Waals surface area contributed by atoms with Crippen LogP contribution in [-0.4, -0.2) is 34.4 Å². The zero-order chi connectivity index (χ0) is 20.8. The van der Waals surface area contributed by atoms with Crippen molar-refractivity contribution in [3.05, 3.63) is 59.4 Å². The summed E-state index contributed by atoms with van der Waals surface area (Å²) in [5.74, 6) is 0.981. The summed E-state index contributed by atoms with van der Waals surface area (Å²) < 4.78 is 5.32. The molecular weight excluding hydrogens is 366 g/mol. The second kappa shape index (κ2) is 6.77. The lowest BCUT2D eigenvalue weighted by Crippen LogP contribution is -2.39. The molecule has 0 radical (unpaired) electrons. The highest BCUT2D eigenvalue weighted by Crippen LogP contribution is 2.31. The number of fused-ring (bicyclic) bond motifs is 1. The lowest BCUT2D eigenvalue weighted by atomic mass is 9.93. The molecule has 7 heteroatoms. The number of amides is 1. The van der Waals surface area contributed by atoms with Crippen LogP contribution in [0.5, 0.6) is 5.75 Å². The van der Waals surface area contributed by atoms with Crippen molar-refractivity contribution in [3.8, 4) is 17.1 Å². The number of nitrogens with two attached hydrogens (primary N) is 1. The molecule has 0 saturated heterocycles. The van der Waals surface area contributed by atoms with Crippen LogP contribution in [0, 0.1) is 6.92 Å². The number of nitrogens with one attached hydrogen (secondary N) is 2. The van der Waals surface area contributed by atoms with E-state index in [4.69, 9.17) is 15.5 Å². The van der Waals surface area contributed by atoms with E-state index in [1.54, 1.807) is 19.5 Å². The van der Waals surface area contributed by atoms with E-state index in [2.05, 4.69) is 28.3 Å². The predicted octanol–water partition coefficient (Wildman–Crippen LogP) is 3.04. The van der Waals surface area contributed by atoms with Crippen molar-refractivity contribution < 1.29 is 9.53 Å². The Bertz CT molecular complexity index is 1190. The third-order valence-corrected chi connectivity index (χ3v) is 5.22. The number of hydrogen-bond donors (Lipinski definition) is 3. The van der Waals surface area contributed by atoms with Gasteiger partial charge >= 0.3 is 0 Å². The van der Waals surface area contributed by atoms with Crippen LogP contribution in [0.4, 0.5) is 0 Å². The number of pyridine rings is 1. The van der Waals surface area contributed by atoms with E-state index in [0.29, 0.717) is 11.4 Å². The fourth-order valence-corrected chi connectivity index (χ4v) is 3.61. The first-order chi connectivity index (χ1) is 13.8. The summed E-state index contributed by atoms with van der Waals surface area (Å²) in [7, 11) is 1.64. The van der Waals surface area contributed by atoms with Gasteiger partial charge in [0.2, 0.25) is 5.91 Å². The largest absolute Gasteiger partial charge is 0.497 e. The smallest absolute Gasteiger partial charge is 0.248 e. The molecule has 3 heterocycles. The predicted molar refractivity (Wildman–Crippen MR) is 114 cm³/mol. The van der Waals surface area contributed by atoms with Gasteiger partial charge in [0.25, 0.3) is 0 Å². The van der Waals surface area contributed by atoms with E-state index >= 15 is 0 Å². The average molecular weight is 389 g/mol. The molecule has 7 nitrogen and oxygen atoms in total. The number of aromatic nitrogens is 2. The fourth-order valence-electron chi connectivity index (χ4n) is 3.61. The molecule has 0 saturated carbocycles. The van der Waals surface area contributed by atoms with Crippen LogP contribution in [0.15, 0.2) is 53.3 Å². The SMILES string of the molecule is COc1ccnc(-c2[nH]c3ccc(C4=NC(C)(C)C(C(N)=O)=CN4)cc3c2C)c1. The van der Waals surface area contributed by atoms with Gasteiger partial charge in [0.1, 0.15) is 11.6 Å². The third-order valence-electron chi connectivity index (χ3n) is 5.22. The Hall–Kier alpha value is -3.61. The number of carbonyl (C=O) groups excluding carboxylic acids is 1. The quantitative estimate of drug-likeness (QED) is 0.638. The Balaban J connectivity index is 1.76. The number of aromatic amines is 1. The molecule has 148 valence electrons. The van der Waals surface area contributed by atoms with Crippen molar-refractivity contribution in [3.63, 3.8) is 0 Å². The van der Waals surface area contributed by atoms with Gasteiger partial charge < -0.3 is 20.8 Å². The van der Waals surface area contributed by atoms with E-state index < -0.39 is 11.4 Å². The number of ether oxygens (including phenoxy) is 1. The number of rotatable bonds is 4. The van der Waals surface area contributed by atoms with Gasteiger partial charge in [0.05, 0.1) is 29.6 Å². The van der Waals surface area contributed by atoms with Crippen molar-refractivity contribution >= 4 is 22.6 Å². The highest BCUT2D eigenvalue weighted by molar-refractivity contribution is 6.06. The van der Waals surface area contributed by atoms with E-state index in [1.807, 2.05) is 38.1 Å². The number of amidine groups is 1. The molecule has 29 heavy (non-hydrogen) atoms. The molecule has 0 unspecified atom stereocenters. The molecule has 0 fully saturated rings. The van der Waals surface area contributed by atoms with Crippen LogP contribution in [0.2, 0.25) is 0 Å². The summed E-state index contributed by atoms with van der Waals surface area (Å²) in [4.78, 5) is 24.3. The molecule has 4 N–H and O–H groups in total. The van der Waals surface area contributed by atoms with Crippen LogP contribution in [0.1, 0.15) is 25.0 Å². The van der Waals surface area contributed by atoms with Gasteiger partial charge in [0, 0.05) is 34.9 Å². The van der Waals surface area contributed by atoms with Crippen molar-refractivity contribution in [1.29, 1.82) is 0 Å². The fraction of sp³-hybridized carbons (Fsp3) is 0.227. The molecule has 0 spiro atoms. The zero-order valence-electron chi connectivity index (χ0n) is 16.8. The zero-order valence-corrected chi connectivity index (χ0v) is 16.8. The van der Waals surface area contributed by atoms with Gasteiger partial charge in [-0.05, 0) is 50.6 Å². The average Bonchev–Trinajstić information content (AvgIpc) is 3.03. The molecule has 4 rings (SSSR count). The van der Waals surface area contributed by atoms with Crippen molar-refractivity contribution in [2.45, 2.75) is 26.3 Å². The van der Waals surface area contributed by atoms with Crippen LogP contribution >= 0.6 is 0 Å². The van der Waals surface area contributed by atoms with Crippen LogP contribution in [0.3, 0.4) is 0 Å². The third kappa shape index (κ3) is 3.24. The van der Waals surface area contributed by atoms with Crippen molar-refractivity contribution in [2.24, 2.45) is 10.7 Å². The summed E-state index contributed by atoms with van der Waals surface area (Å²) in [5, 5.41) is 4.19. The minimum absolute atomic E-state index is 0.450. The van der Waals surface area contributed by atoms with Crippen LogP contribution in [-0.2, 0) is 4.79 Å². The summed E-state index contributed by atoms with van der Waals surface area (Å²) in [6, 6.07) is 9.82. The molecule has 1 aliphatic heterocycles. The molecule has 1 aromatic carbocycles. The first-order valence-corrected chi connectivity index (χ1v) is 9.30. The second-order valence-corrected chi connectivity index (χ2v) is 7.55. The minimum Gasteiger partial charge on any atom is -0.497 e. The maximum absolute atomic E-state index is 11.6. The maximum Gasteiger partial charge on any atom is 0.248 e. The van der Waals surface area contributed by atoms with E-state index in [1.165, 1.54) is 0 Å². The van der Waals surface area contributed by atoms with Crippen LogP contribution < -0.4 is 15.8 Å². The Labute approximate surface area is 168 Å². The maximum atomic E-state index is 11.6. The van der Waals surface area contributed by atoms with E-state index in [0.717, 1.165) is 39.2 Å². The van der Waals surface area contributed by atoms with E-state index in [9.17, 15) is 4.79 Å². The first kappa shape index (κ1) is 18.7. The van der Waals surface area contributed by atoms with Crippen molar-refractivity contribution in [2.75, 3.05) is 7.11 Å². The van der Waals surface area contributed by atoms with Crippen LogP contribution in [0.25, 0.3) is 22.3 Å². The molecule has 1 aliphatic rings.